The molecule has 0 bridgehead atoms. The highest BCUT2D eigenvalue weighted by Crippen LogP contribution is 2.43. The summed E-state index contributed by atoms with van der Waals surface area (Å²) in [4.78, 5) is 10.1. The number of aromatic nitrogens is 2. The number of nitro groups is 1. The van der Waals surface area contributed by atoms with E-state index >= 15 is 0 Å². The molecule has 6 heteroatoms. The van der Waals surface area contributed by atoms with E-state index in [0.717, 1.165) is 11.9 Å². The molecule has 1 fully saturated rings. The van der Waals surface area contributed by atoms with Gasteiger partial charge in [0.1, 0.15) is 12.4 Å². The minimum absolute atomic E-state index is 0.0686. The molecule has 1 aliphatic rings. The Hall–Kier alpha value is -0.910. The van der Waals surface area contributed by atoms with Gasteiger partial charge in [-0.25, -0.2) is 0 Å². The number of rotatable bonds is 4. The third-order valence-corrected chi connectivity index (χ3v) is 4.22. The lowest BCUT2D eigenvalue weighted by molar-refractivity contribution is -0.385. The first-order chi connectivity index (χ1) is 7.15. The molecule has 0 amide bonds. The molecule has 1 aromatic heterocycles. The number of hydrogen-bond donors (Lipinski definition) is 0. The zero-order valence-electron chi connectivity index (χ0n) is 8.23. The predicted molar refractivity (Wildman–Crippen MR) is 59.0 cm³/mol. The smallest absolute Gasteiger partial charge is 0.265 e. The molecule has 82 valence electrons. The molecule has 15 heavy (non-hydrogen) atoms. The second-order valence-electron chi connectivity index (χ2n) is 4.14. The van der Waals surface area contributed by atoms with Crippen LogP contribution in [0.4, 0.5) is 5.69 Å². The summed E-state index contributed by atoms with van der Waals surface area (Å²) in [6, 6.07) is 0. The highest BCUT2D eigenvalue weighted by molar-refractivity contribution is 9.09. The molecule has 0 atom stereocenters. The molecular weight excluding hydrogens is 262 g/mol. The molecule has 0 N–H and O–H groups in total. The van der Waals surface area contributed by atoms with Crippen LogP contribution in [-0.2, 0) is 6.54 Å². The standard InChI is InChI=1S/C9H12BrN3O2/c10-6-9(2-1-3-9)7-12-5-8(4-11-12)13(14)15/h4-5H,1-3,6-7H2. The molecule has 1 saturated carbocycles. The Morgan fingerprint density at radius 3 is 2.80 bits per heavy atom. The van der Waals surface area contributed by atoms with Crippen LogP contribution in [0.3, 0.4) is 0 Å². The van der Waals surface area contributed by atoms with Crippen molar-refractivity contribution < 1.29 is 4.92 Å². The van der Waals surface area contributed by atoms with Gasteiger partial charge in [-0.05, 0) is 18.3 Å². The number of hydrogen-bond acceptors (Lipinski definition) is 3. The van der Waals surface area contributed by atoms with Crippen LogP contribution in [-0.4, -0.2) is 20.0 Å². The van der Waals surface area contributed by atoms with Crippen molar-refractivity contribution in [2.45, 2.75) is 25.8 Å². The average molecular weight is 274 g/mol. The molecule has 0 aromatic carbocycles. The second-order valence-corrected chi connectivity index (χ2v) is 4.70. The SMILES string of the molecule is O=[N+]([O-])c1cnn(CC2(CBr)CCC2)c1. The van der Waals surface area contributed by atoms with Gasteiger partial charge in [0, 0.05) is 11.9 Å². The first kappa shape index (κ1) is 10.6. The molecule has 0 aliphatic heterocycles. The third-order valence-electron chi connectivity index (χ3n) is 3.03. The summed E-state index contributed by atoms with van der Waals surface area (Å²) < 4.78 is 1.68. The Balaban J connectivity index is 2.07. The summed E-state index contributed by atoms with van der Waals surface area (Å²) in [6.45, 7) is 0.770. The third kappa shape index (κ3) is 2.04. The number of halogens is 1. The van der Waals surface area contributed by atoms with Gasteiger partial charge in [-0.15, -0.1) is 0 Å². The quantitative estimate of drug-likeness (QED) is 0.481. The summed E-state index contributed by atoms with van der Waals surface area (Å²) in [6.07, 6.45) is 6.40. The van der Waals surface area contributed by atoms with Gasteiger partial charge in [-0.2, -0.15) is 5.10 Å². The van der Waals surface area contributed by atoms with E-state index in [4.69, 9.17) is 0 Å². The minimum atomic E-state index is -0.412. The van der Waals surface area contributed by atoms with Gasteiger partial charge >= 0.3 is 5.69 Å². The highest BCUT2D eigenvalue weighted by Gasteiger charge is 2.36. The van der Waals surface area contributed by atoms with Crippen LogP contribution in [0.2, 0.25) is 0 Å². The van der Waals surface area contributed by atoms with E-state index in [1.807, 2.05) is 0 Å². The maximum atomic E-state index is 10.5. The van der Waals surface area contributed by atoms with Crippen molar-refractivity contribution in [3.05, 3.63) is 22.5 Å². The van der Waals surface area contributed by atoms with E-state index in [1.165, 1.54) is 31.7 Å². The van der Waals surface area contributed by atoms with Crippen LogP contribution in [0.1, 0.15) is 19.3 Å². The van der Waals surface area contributed by atoms with Gasteiger partial charge in [0.15, 0.2) is 0 Å². The van der Waals surface area contributed by atoms with Crippen molar-refractivity contribution in [3.8, 4) is 0 Å². The van der Waals surface area contributed by atoms with Gasteiger partial charge in [0.05, 0.1) is 4.92 Å². The van der Waals surface area contributed by atoms with Crippen molar-refractivity contribution >= 4 is 21.6 Å². The Labute approximate surface area is 95.7 Å². The zero-order valence-corrected chi connectivity index (χ0v) is 9.81. The first-order valence-corrected chi connectivity index (χ1v) is 6.00. The Kier molecular flexibility index (Phi) is 2.77. The van der Waals surface area contributed by atoms with Crippen LogP contribution in [0.15, 0.2) is 12.4 Å². The summed E-state index contributed by atoms with van der Waals surface area (Å²) in [5.41, 5.74) is 0.332. The van der Waals surface area contributed by atoms with E-state index < -0.39 is 4.92 Å². The molecule has 1 aromatic rings. The lowest BCUT2D eigenvalue weighted by atomic mass is 9.70. The zero-order chi connectivity index (χ0) is 10.9. The van der Waals surface area contributed by atoms with Crippen molar-refractivity contribution in [2.75, 3.05) is 5.33 Å². The normalized spacial score (nSPS) is 18.5. The molecule has 0 spiro atoms. The molecule has 1 heterocycles. The molecule has 0 saturated heterocycles. The van der Waals surface area contributed by atoms with Gasteiger partial charge in [-0.1, -0.05) is 22.4 Å². The van der Waals surface area contributed by atoms with Crippen LogP contribution in [0.5, 0.6) is 0 Å². The van der Waals surface area contributed by atoms with E-state index in [0.29, 0.717) is 0 Å². The Morgan fingerprint density at radius 2 is 2.40 bits per heavy atom. The first-order valence-electron chi connectivity index (χ1n) is 4.88. The van der Waals surface area contributed by atoms with Crippen molar-refractivity contribution in [1.29, 1.82) is 0 Å². The molecule has 5 nitrogen and oxygen atoms in total. The summed E-state index contributed by atoms with van der Waals surface area (Å²) in [5, 5.41) is 15.4. The maximum Gasteiger partial charge on any atom is 0.306 e. The second kappa shape index (κ2) is 3.92. The van der Waals surface area contributed by atoms with E-state index in [-0.39, 0.29) is 11.1 Å². The van der Waals surface area contributed by atoms with E-state index in [9.17, 15) is 10.1 Å². The van der Waals surface area contributed by atoms with Gasteiger partial charge in [0.2, 0.25) is 0 Å². The Bertz CT molecular complexity index is 368. The fraction of sp³-hybridized carbons (Fsp3) is 0.667. The van der Waals surface area contributed by atoms with Crippen molar-refractivity contribution in [2.24, 2.45) is 5.41 Å². The van der Waals surface area contributed by atoms with Crippen molar-refractivity contribution in [3.63, 3.8) is 0 Å². The maximum absolute atomic E-state index is 10.5. The van der Waals surface area contributed by atoms with Gasteiger partial charge in [0.25, 0.3) is 0 Å². The van der Waals surface area contributed by atoms with Crippen LogP contribution >= 0.6 is 15.9 Å². The van der Waals surface area contributed by atoms with Crippen molar-refractivity contribution in [1.82, 2.24) is 9.78 Å². The lowest BCUT2D eigenvalue weighted by Gasteiger charge is -2.40. The fourth-order valence-corrected chi connectivity index (χ4v) is 2.63. The monoisotopic (exact) mass is 273 g/mol. The lowest BCUT2D eigenvalue weighted by Crippen LogP contribution is -2.35. The molecular formula is C9H12BrN3O2. The van der Waals surface area contributed by atoms with Crippen LogP contribution in [0.25, 0.3) is 0 Å². The summed E-state index contributed by atoms with van der Waals surface area (Å²) in [7, 11) is 0. The number of alkyl halides is 1. The van der Waals surface area contributed by atoms with Gasteiger partial charge in [-0.3, -0.25) is 14.8 Å². The largest absolute Gasteiger partial charge is 0.306 e. The van der Waals surface area contributed by atoms with Gasteiger partial charge < -0.3 is 0 Å². The fourth-order valence-electron chi connectivity index (χ4n) is 1.89. The van der Waals surface area contributed by atoms with E-state index in [2.05, 4.69) is 21.0 Å². The molecule has 0 unspecified atom stereocenters. The predicted octanol–water partition coefficient (Wildman–Crippen LogP) is 2.36. The summed E-state index contributed by atoms with van der Waals surface area (Å²) >= 11 is 3.50. The molecule has 1 aliphatic carbocycles. The number of nitrogens with zero attached hydrogens (tertiary/aromatic N) is 3. The topological polar surface area (TPSA) is 61.0 Å². The summed E-state index contributed by atoms with van der Waals surface area (Å²) in [5.74, 6) is 0. The highest BCUT2D eigenvalue weighted by atomic mass is 79.9. The van der Waals surface area contributed by atoms with Crippen LogP contribution in [0, 0.1) is 15.5 Å². The average Bonchev–Trinajstić information content (AvgIpc) is 2.59. The molecule has 2 rings (SSSR count). The minimum Gasteiger partial charge on any atom is -0.265 e. The van der Waals surface area contributed by atoms with Crippen LogP contribution < -0.4 is 0 Å². The van der Waals surface area contributed by atoms with E-state index in [1.54, 1.807) is 4.68 Å². The molecule has 0 radical (unpaired) electrons. The Morgan fingerprint density at radius 1 is 1.67 bits per heavy atom.